The lowest BCUT2D eigenvalue weighted by molar-refractivity contribution is 0.0325. The van der Waals surface area contributed by atoms with Crippen molar-refractivity contribution in [1.29, 1.82) is 0 Å². The number of para-hydroxylation sites is 1. The van der Waals surface area contributed by atoms with Gasteiger partial charge in [-0.2, -0.15) is 0 Å². The Kier molecular flexibility index (Phi) is 4.37. The van der Waals surface area contributed by atoms with E-state index in [1.54, 1.807) is 18.2 Å². The fourth-order valence-corrected chi connectivity index (χ4v) is 3.34. The van der Waals surface area contributed by atoms with E-state index in [-0.39, 0.29) is 0 Å². The summed E-state index contributed by atoms with van der Waals surface area (Å²) in [6, 6.07) is 11.1. The predicted molar refractivity (Wildman–Crippen MR) is 90.4 cm³/mol. The van der Waals surface area contributed by atoms with Crippen molar-refractivity contribution in [3.63, 3.8) is 0 Å². The average molecular weight is 352 g/mol. The molecule has 2 aromatic carbocycles. The summed E-state index contributed by atoms with van der Waals surface area (Å²) in [7, 11) is 1.50. The van der Waals surface area contributed by atoms with Crippen molar-refractivity contribution in [2.45, 2.75) is 19.1 Å². The molecule has 1 aliphatic heterocycles. The summed E-state index contributed by atoms with van der Waals surface area (Å²) in [6.45, 7) is 0. The fourth-order valence-electron chi connectivity index (χ4n) is 2.74. The molecular weight excluding hydrogens is 337 g/mol. The summed E-state index contributed by atoms with van der Waals surface area (Å²) < 4.78 is 5.98. The maximum absolute atomic E-state index is 11.2. The number of carboxylic acid groups (broad SMARTS) is 1. The second-order valence-electron chi connectivity index (χ2n) is 5.40. The van der Waals surface area contributed by atoms with Gasteiger partial charge < -0.3 is 9.84 Å². The van der Waals surface area contributed by atoms with Crippen molar-refractivity contribution >= 4 is 29.3 Å². The standard InChI is InChI=1S/C17H15Cl2NO3/c1-20(17(21)22)14-9-8-10-4-2-5-11(16(10)23-14)15-12(18)6-3-7-13(15)19/h2-7,14H,8-9H2,1H3,(H,21,22). The number of rotatable bonds is 2. The first-order valence-corrected chi connectivity index (χ1v) is 7.93. The highest BCUT2D eigenvalue weighted by molar-refractivity contribution is 6.39. The number of benzene rings is 2. The molecule has 6 heteroatoms. The zero-order chi connectivity index (χ0) is 16.6. The van der Waals surface area contributed by atoms with Gasteiger partial charge in [0.2, 0.25) is 0 Å². The number of nitrogens with zero attached hydrogens (tertiary/aromatic N) is 1. The van der Waals surface area contributed by atoms with Crippen LogP contribution < -0.4 is 4.74 Å². The third-order valence-corrected chi connectivity index (χ3v) is 4.61. The van der Waals surface area contributed by atoms with Crippen molar-refractivity contribution in [1.82, 2.24) is 4.90 Å². The normalized spacial score (nSPS) is 16.4. The van der Waals surface area contributed by atoms with Crippen LogP contribution in [0.4, 0.5) is 4.79 Å². The largest absolute Gasteiger partial charge is 0.469 e. The van der Waals surface area contributed by atoms with Crippen LogP contribution in [0, 0.1) is 0 Å². The summed E-state index contributed by atoms with van der Waals surface area (Å²) >= 11 is 12.6. The summed E-state index contributed by atoms with van der Waals surface area (Å²) in [6.07, 6.45) is -0.211. The molecule has 0 bridgehead atoms. The summed E-state index contributed by atoms with van der Waals surface area (Å²) in [5.41, 5.74) is 2.50. The molecule has 0 saturated heterocycles. The summed E-state index contributed by atoms with van der Waals surface area (Å²) in [4.78, 5) is 12.4. The van der Waals surface area contributed by atoms with Gasteiger partial charge in [-0.25, -0.2) is 4.79 Å². The Morgan fingerprint density at radius 3 is 2.52 bits per heavy atom. The molecule has 120 valence electrons. The Labute approximate surface area is 144 Å². The van der Waals surface area contributed by atoms with Gasteiger partial charge in [-0.05, 0) is 24.1 Å². The molecule has 1 atom stereocenters. The molecule has 23 heavy (non-hydrogen) atoms. The first kappa shape index (κ1) is 16.0. The SMILES string of the molecule is CN(C(=O)O)C1CCc2cccc(-c3c(Cl)cccc3Cl)c2O1. The Hall–Kier alpha value is -1.91. The zero-order valence-corrected chi connectivity index (χ0v) is 13.9. The monoisotopic (exact) mass is 351 g/mol. The van der Waals surface area contributed by atoms with Crippen LogP contribution in [0.15, 0.2) is 36.4 Å². The number of halogens is 2. The van der Waals surface area contributed by atoms with Crippen LogP contribution in [-0.2, 0) is 6.42 Å². The van der Waals surface area contributed by atoms with E-state index in [1.807, 2.05) is 18.2 Å². The lowest BCUT2D eigenvalue weighted by atomic mass is 9.96. The Morgan fingerprint density at radius 2 is 1.87 bits per heavy atom. The van der Waals surface area contributed by atoms with Gasteiger partial charge in [0.25, 0.3) is 0 Å². The van der Waals surface area contributed by atoms with Crippen molar-refractivity contribution in [2.24, 2.45) is 0 Å². The van der Waals surface area contributed by atoms with Gasteiger partial charge in [0.05, 0.1) is 10.0 Å². The topological polar surface area (TPSA) is 49.8 Å². The van der Waals surface area contributed by atoms with E-state index < -0.39 is 12.3 Å². The highest BCUT2D eigenvalue weighted by Crippen LogP contribution is 2.43. The smallest absolute Gasteiger partial charge is 0.409 e. The minimum Gasteiger partial charge on any atom is -0.469 e. The third kappa shape index (κ3) is 2.96. The number of hydrogen-bond donors (Lipinski definition) is 1. The molecule has 4 nitrogen and oxygen atoms in total. The van der Waals surface area contributed by atoms with E-state index >= 15 is 0 Å². The Morgan fingerprint density at radius 1 is 1.22 bits per heavy atom. The highest BCUT2D eigenvalue weighted by Gasteiger charge is 2.28. The maximum Gasteiger partial charge on any atom is 0.409 e. The number of fused-ring (bicyclic) bond motifs is 1. The second-order valence-corrected chi connectivity index (χ2v) is 6.21. The van der Waals surface area contributed by atoms with Gasteiger partial charge in [-0.1, -0.05) is 47.5 Å². The van der Waals surface area contributed by atoms with Crippen molar-refractivity contribution < 1.29 is 14.6 Å². The Bertz CT molecular complexity index is 743. The third-order valence-electron chi connectivity index (χ3n) is 3.98. The van der Waals surface area contributed by atoms with Crippen molar-refractivity contribution in [2.75, 3.05) is 7.05 Å². The van der Waals surface area contributed by atoms with E-state index in [4.69, 9.17) is 33.0 Å². The van der Waals surface area contributed by atoms with Gasteiger partial charge in [-0.3, -0.25) is 4.90 Å². The molecule has 0 fully saturated rings. The molecule has 0 radical (unpaired) electrons. The second kappa shape index (κ2) is 6.30. The average Bonchev–Trinajstić information content (AvgIpc) is 2.53. The number of hydrogen-bond acceptors (Lipinski definition) is 2. The van der Waals surface area contributed by atoms with Crippen LogP contribution in [-0.4, -0.2) is 29.4 Å². The molecule has 0 spiro atoms. The van der Waals surface area contributed by atoms with E-state index in [0.717, 1.165) is 17.5 Å². The van der Waals surface area contributed by atoms with E-state index in [2.05, 4.69) is 0 Å². The minimum atomic E-state index is -1.02. The highest BCUT2D eigenvalue weighted by atomic mass is 35.5. The maximum atomic E-state index is 11.2. The molecule has 1 heterocycles. The fraction of sp³-hybridized carbons (Fsp3) is 0.235. The predicted octanol–water partition coefficient (Wildman–Crippen LogP) is 4.92. The molecule has 1 amide bonds. The van der Waals surface area contributed by atoms with E-state index in [0.29, 0.717) is 27.8 Å². The Balaban J connectivity index is 2.08. The molecule has 0 saturated carbocycles. The number of ether oxygens (including phenoxy) is 1. The molecule has 3 rings (SSSR count). The van der Waals surface area contributed by atoms with Gasteiger partial charge in [0.1, 0.15) is 5.75 Å². The first-order valence-electron chi connectivity index (χ1n) is 7.17. The van der Waals surface area contributed by atoms with Crippen molar-refractivity contribution in [3.05, 3.63) is 52.0 Å². The lowest BCUT2D eigenvalue weighted by Gasteiger charge is -2.32. The van der Waals surface area contributed by atoms with Crippen LogP contribution in [0.3, 0.4) is 0 Å². The quantitative estimate of drug-likeness (QED) is 0.835. The number of carbonyl (C=O) groups is 1. The molecule has 1 N–H and O–H groups in total. The zero-order valence-electron chi connectivity index (χ0n) is 12.4. The van der Waals surface area contributed by atoms with Gasteiger partial charge in [0.15, 0.2) is 6.23 Å². The van der Waals surface area contributed by atoms with Gasteiger partial charge in [-0.15, -0.1) is 0 Å². The summed E-state index contributed by atoms with van der Waals surface area (Å²) in [5, 5.41) is 10.2. The molecule has 1 unspecified atom stereocenters. The molecule has 0 aliphatic carbocycles. The molecule has 2 aromatic rings. The lowest BCUT2D eigenvalue weighted by Crippen LogP contribution is -2.42. The number of aryl methyl sites for hydroxylation is 1. The van der Waals surface area contributed by atoms with Crippen molar-refractivity contribution in [3.8, 4) is 16.9 Å². The van der Waals surface area contributed by atoms with E-state index in [1.165, 1.54) is 11.9 Å². The van der Waals surface area contributed by atoms with Crippen LogP contribution in [0.1, 0.15) is 12.0 Å². The first-order chi connectivity index (χ1) is 11.0. The molecular formula is C17H15Cl2NO3. The van der Waals surface area contributed by atoms with Crippen LogP contribution >= 0.6 is 23.2 Å². The van der Waals surface area contributed by atoms with Gasteiger partial charge in [0, 0.05) is 24.6 Å². The summed E-state index contributed by atoms with van der Waals surface area (Å²) in [5.74, 6) is 0.645. The molecule has 0 aromatic heterocycles. The van der Waals surface area contributed by atoms with Crippen LogP contribution in [0.2, 0.25) is 10.0 Å². The van der Waals surface area contributed by atoms with Crippen LogP contribution in [0.5, 0.6) is 5.75 Å². The number of amides is 1. The molecule has 1 aliphatic rings. The van der Waals surface area contributed by atoms with E-state index in [9.17, 15) is 4.79 Å². The van der Waals surface area contributed by atoms with Crippen LogP contribution in [0.25, 0.3) is 11.1 Å². The minimum absolute atomic E-state index is 0.526. The van der Waals surface area contributed by atoms with Gasteiger partial charge >= 0.3 is 6.09 Å².